The third-order valence-electron chi connectivity index (χ3n) is 2.81. The predicted molar refractivity (Wildman–Crippen MR) is 78.0 cm³/mol. The highest BCUT2D eigenvalue weighted by molar-refractivity contribution is 9.10. The highest BCUT2D eigenvalue weighted by Crippen LogP contribution is 2.20. The third kappa shape index (κ3) is 4.65. The summed E-state index contributed by atoms with van der Waals surface area (Å²) in [4.78, 5) is 0. The van der Waals surface area contributed by atoms with Gasteiger partial charge in [0.25, 0.3) is 0 Å². The zero-order valence-corrected chi connectivity index (χ0v) is 14.1. The van der Waals surface area contributed by atoms with Crippen LogP contribution in [-0.4, -0.2) is 18.5 Å². The second-order valence-corrected chi connectivity index (χ2v) is 6.61. The van der Waals surface area contributed by atoms with Crippen molar-refractivity contribution in [2.75, 3.05) is 0 Å². The average molecular weight is 400 g/mol. The Bertz CT molecular complexity index is 776. The fraction of sp³-hybridized carbons (Fsp3) is 0.308. The van der Waals surface area contributed by atoms with Crippen LogP contribution >= 0.6 is 15.9 Å². The van der Waals surface area contributed by atoms with E-state index in [1.54, 1.807) is 0 Å². The lowest BCUT2D eigenvalue weighted by Gasteiger charge is -2.08. The van der Waals surface area contributed by atoms with Crippen LogP contribution in [0, 0.1) is 6.92 Å². The van der Waals surface area contributed by atoms with Crippen LogP contribution in [0.2, 0.25) is 0 Å². The minimum atomic E-state index is -6.09. The standard InChI is InChI=1S/C12H13BrN.CHF3O3S/c1-3-14-9(2)4-5-10-8-11(13)6-7-12(10)14;2-1(3,4)8(5,6)7/h4-8H,3H2,1-2H3;(H,5,6,7)/q+1;/p-1. The van der Waals surface area contributed by atoms with Gasteiger partial charge in [-0.3, -0.25) is 0 Å². The van der Waals surface area contributed by atoms with Crippen LogP contribution in [-0.2, 0) is 16.7 Å². The van der Waals surface area contributed by atoms with Crippen LogP contribution in [0.15, 0.2) is 34.8 Å². The molecule has 0 radical (unpaired) electrons. The van der Waals surface area contributed by atoms with Gasteiger partial charge in [0.2, 0.25) is 5.52 Å². The lowest BCUT2D eigenvalue weighted by Crippen LogP contribution is -2.36. The second-order valence-electron chi connectivity index (χ2n) is 4.32. The molecule has 0 aliphatic heterocycles. The number of hydrogen-bond acceptors (Lipinski definition) is 3. The molecule has 0 aliphatic carbocycles. The van der Waals surface area contributed by atoms with Crippen LogP contribution < -0.4 is 4.57 Å². The number of fused-ring (bicyclic) bond motifs is 1. The molecular formula is C13H13BrF3NO3S. The van der Waals surface area contributed by atoms with Gasteiger partial charge in [-0.2, -0.15) is 17.7 Å². The molecule has 0 bridgehead atoms. The molecule has 0 saturated heterocycles. The number of benzene rings is 1. The molecule has 0 amide bonds. The van der Waals surface area contributed by atoms with Gasteiger partial charge < -0.3 is 4.55 Å². The molecule has 1 aromatic heterocycles. The fourth-order valence-electron chi connectivity index (χ4n) is 1.81. The van der Waals surface area contributed by atoms with Crippen molar-refractivity contribution >= 4 is 37.0 Å². The quantitative estimate of drug-likeness (QED) is 0.420. The minimum Gasteiger partial charge on any atom is -0.741 e. The highest BCUT2D eigenvalue weighted by Gasteiger charge is 2.36. The predicted octanol–water partition coefficient (Wildman–Crippen LogP) is 3.27. The van der Waals surface area contributed by atoms with Gasteiger partial charge in [0.15, 0.2) is 15.8 Å². The Kier molecular flexibility index (Phi) is 5.94. The van der Waals surface area contributed by atoms with E-state index in [1.165, 1.54) is 16.6 Å². The molecule has 2 rings (SSSR count). The van der Waals surface area contributed by atoms with Gasteiger partial charge in [-0.05, 0) is 25.1 Å². The van der Waals surface area contributed by atoms with Crippen LogP contribution in [0.1, 0.15) is 12.6 Å². The summed E-state index contributed by atoms with van der Waals surface area (Å²) in [5.41, 5.74) is -3.04. The number of hydrogen-bond donors (Lipinski definition) is 0. The summed E-state index contributed by atoms with van der Waals surface area (Å²) in [5.74, 6) is 0. The molecule has 9 heteroatoms. The molecule has 0 saturated carbocycles. The van der Waals surface area contributed by atoms with Gasteiger partial charge >= 0.3 is 5.51 Å². The number of nitrogens with zero attached hydrogens (tertiary/aromatic N) is 1. The van der Waals surface area contributed by atoms with Gasteiger partial charge in [0.1, 0.15) is 6.54 Å². The van der Waals surface area contributed by atoms with Crippen molar-refractivity contribution < 1.29 is 30.7 Å². The summed E-state index contributed by atoms with van der Waals surface area (Å²) >= 11 is 3.49. The number of alkyl halides is 3. The van der Waals surface area contributed by atoms with E-state index in [-0.39, 0.29) is 0 Å². The summed E-state index contributed by atoms with van der Waals surface area (Å²) in [6, 6.07) is 10.7. The van der Waals surface area contributed by atoms with Crippen LogP contribution in [0.4, 0.5) is 13.2 Å². The van der Waals surface area contributed by atoms with Crippen molar-refractivity contribution in [3.63, 3.8) is 0 Å². The van der Waals surface area contributed by atoms with E-state index in [0.717, 1.165) is 11.0 Å². The molecule has 0 fully saturated rings. The van der Waals surface area contributed by atoms with Crippen LogP contribution in [0.5, 0.6) is 0 Å². The average Bonchev–Trinajstić information content (AvgIpc) is 2.37. The van der Waals surface area contributed by atoms with E-state index < -0.39 is 15.6 Å². The Morgan fingerprint density at radius 3 is 2.23 bits per heavy atom. The van der Waals surface area contributed by atoms with E-state index in [1.807, 2.05) is 0 Å². The zero-order chi connectivity index (χ0) is 17.1. The highest BCUT2D eigenvalue weighted by atomic mass is 79.9. The van der Waals surface area contributed by atoms with Gasteiger partial charge in [0.05, 0.1) is 0 Å². The third-order valence-corrected chi connectivity index (χ3v) is 3.87. The lowest BCUT2D eigenvalue weighted by atomic mass is 10.2. The first-order valence-electron chi connectivity index (χ1n) is 6.08. The number of aromatic nitrogens is 1. The van der Waals surface area contributed by atoms with Crippen molar-refractivity contribution in [1.29, 1.82) is 0 Å². The maximum Gasteiger partial charge on any atom is 0.485 e. The molecule has 122 valence electrons. The molecule has 22 heavy (non-hydrogen) atoms. The Hall–Kier alpha value is -1.19. The normalized spacial score (nSPS) is 12.0. The number of rotatable bonds is 1. The van der Waals surface area contributed by atoms with Crippen molar-refractivity contribution in [2.45, 2.75) is 25.9 Å². The molecule has 1 heterocycles. The van der Waals surface area contributed by atoms with E-state index in [0.29, 0.717) is 0 Å². The smallest absolute Gasteiger partial charge is 0.485 e. The summed E-state index contributed by atoms with van der Waals surface area (Å²) in [6.07, 6.45) is 0. The SMILES string of the molecule is CC[n+]1c(C)ccc2cc(Br)ccc21.O=S(=O)([O-])C(F)(F)F. The molecule has 0 spiro atoms. The summed E-state index contributed by atoms with van der Waals surface area (Å²) in [7, 11) is -6.09. The van der Waals surface area contributed by atoms with Crippen LogP contribution in [0.3, 0.4) is 0 Å². The minimum absolute atomic E-state index is 1.02. The van der Waals surface area contributed by atoms with E-state index in [2.05, 4.69) is 64.7 Å². The van der Waals surface area contributed by atoms with Gasteiger partial charge in [-0.15, -0.1) is 0 Å². The first-order valence-corrected chi connectivity index (χ1v) is 8.28. The van der Waals surface area contributed by atoms with Crippen molar-refractivity contribution in [2.24, 2.45) is 0 Å². The number of aryl methyl sites for hydroxylation is 2. The maximum absolute atomic E-state index is 10.7. The maximum atomic E-state index is 10.7. The largest absolute Gasteiger partial charge is 0.741 e. The topological polar surface area (TPSA) is 61.1 Å². The Morgan fingerprint density at radius 2 is 1.77 bits per heavy atom. The van der Waals surface area contributed by atoms with E-state index >= 15 is 0 Å². The van der Waals surface area contributed by atoms with Gasteiger partial charge in [-0.25, -0.2) is 8.42 Å². The first kappa shape index (κ1) is 18.9. The molecule has 2 aromatic rings. The van der Waals surface area contributed by atoms with E-state index in [4.69, 9.17) is 13.0 Å². The second kappa shape index (κ2) is 6.93. The summed E-state index contributed by atoms with van der Waals surface area (Å²) in [6.45, 7) is 5.34. The van der Waals surface area contributed by atoms with Crippen molar-refractivity contribution in [3.8, 4) is 0 Å². The first-order chi connectivity index (χ1) is 9.97. The zero-order valence-electron chi connectivity index (χ0n) is 11.7. The van der Waals surface area contributed by atoms with Gasteiger partial charge in [-0.1, -0.05) is 15.9 Å². The Balaban J connectivity index is 0.000000261. The van der Waals surface area contributed by atoms with Crippen LogP contribution in [0.25, 0.3) is 10.9 Å². The van der Waals surface area contributed by atoms with E-state index in [9.17, 15) is 13.2 Å². The molecule has 0 atom stereocenters. The monoisotopic (exact) mass is 399 g/mol. The number of halogens is 4. The molecule has 1 aromatic carbocycles. The molecule has 4 nitrogen and oxygen atoms in total. The number of pyridine rings is 1. The summed E-state index contributed by atoms with van der Waals surface area (Å²) < 4.78 is 62.4. The Morgan fingerprint density at radius 1 is 1.23 bits per heavy atom. The molecule has 0 aliphatic rings. The summed E-state index contributed by atoms with van der Waals surface area (Å²) in [5, 5.41) is 1.28. The lowest BCUT2D eigenvalue weighted by molar-refractivity contribution is -0.673. The Labute approximate surface area is 134 Å². The fourth-order valence-corrected chi connectivity index (χ4v) is 2.19. The van der Waals surface area contributed by atoms with Gasteiger partial charge in [0, 0.05) is 28.9 Å². The molecule has 0 N–H and O–H groups in total. The van der Waals surface area contributed by atoms with Crippen molar-refractivity contribution in [1.82, 2.24) is 0 Å². The molecule has 0 unspecified atom stereocenters. The van der Waals surface area contributed by atoms with Crippen molar-refractivity contribution in [3.05, 3.63) is 40.5 Å². The molecular weight excluding hydrogens is 387 g/mol.